The number of amides is 1. The summed E-state index contributed by atoms with van der Waals surface area (Å²) >= 11 is 0. The molecule has 2 heterocycles. The van der Waals surface area contributed by atoms with E-state index in [-0.39, 0.29) is 5.91 Å². The third-order valence-corrected chi connectivity index (χ3v) is 3.67. The van der Waals surface area contributed by atoms with Crippen LogP contribution in [0.4, 0.5) is 0 Å². The summed E-state index contributed by atoms with van der Waals surface area (Å²) in [7, 11) is 0. The Balaban J connectivity index is 1.91. The van der Waals surface area contributed by atoms with Gasteiger partial charge in [0.05, 0.1) is 5.69 Å². The molecule has 1 aliphatic rings. The molecule has 2 aromatic rings. The van der Waals surface area contributed by atoms with Gasteiger partial charge in [0, 0.05) is 11.9 Å². The number of nitrogens with one attached hydrogen (secondary N) is 1. The molecule has 20 heavy (non-hydrogen) atoms. The van der Waals surface area contributed by atoms with Crippen molar-refractivity contribution in [3.8, 4) is 0 Å². The van der Waals surface area contributed by atoms with Crippen LogP contribution in [0.3, 0.4) is 0 Å². The number of hydrogen-bond acceptors (Lipinski definition) is 3. The van der Waals surface area contributed by atoms with Crippen molar-refractivity contribution in [2.45, 2.75) is 39.5 Å². The van der Waals surface area contributed by atoms with Gasteiger partial charge >= 0.3 is 0 Å². The zero-order valence-corrected chi connectivity index (χ0v) is 11.8. The van der Waals surface area contributed by atoms with Gasteiger partial charge in [-0.15, -0.1) is 0 Å². The van der Waals surface area contributed by atoms with Gasteiger partial charge in [-0.2, -0.15) is 5.10 Å². The highest BCUT2D eigenvalue weighted by atomic mass is 16.2. The fourth-order valence-electron chi connectivity index (χ4n) is 2.62. The van der Waals surface area contributed by atoms with Crippen LogP contribution in [-0.4, -0.2) is 21.0 Å². The predicted octanol–water partition coefficient (Wildman–Crippen LogP) is 2.61. The number of aryl methyl sites for hydroxylation is 2. The number of rotatable bonds is 2. The number of nitrogens with zero attached hydrogens (tertiary/aromatic N) is 3. The molecule has 0 bridgehead atoms. The lowest BCUT2D eigenvalue weighted by atomic mass is 10.3. The van der Waals surface area contributed by atoms with Crippen molar-refractivity contribution in [2.24, 2.45) is 5.10 Å². The third-order valence-electron chi connectivity index (χ3n) is 3.67. The van der Waals surface area contributed by atoms with Gasteiger partial charge in [-0.1, -0.05) is 0 Å². The molecule has 0 atom stereocenters. The van der Waals surface area contributed by atoms with Crippen LogP contribution in [0.25, 0.3) is 5.65 Å². The molecule has 5 nitrogen and oxygen atoms in total. The van der Waals surface area contributed by atoms with Crippen LogP contribution in [0, 0.1) is 13.8 Å². The van der Waals surface area contributed by atoms with E-state index in [9.17, 15) is 4.79 Å². The maximum atomic E-state index is 12.3. The van der Waals surface area contributed by atoms with E-state index in [1.165, 1.54) is 12.8 Å². The Labute approximate surface area is 117 Å². The van der Waals surface area contributed by atoms with E-state index >= 15 is 0 Å². The zero-order valence-electron chi connectivity index (χ0n) is 11.8. The lowest BCUT2D eigenvalue weighted by Gasteiger charge is -2.03. The first-order valence-corrected chi connectivity index (χ1v) is 6.96. The quantitative estimate of drug-likeness (QED) is 0.853. The molecule has 1 saturated carbocycles. The Morgan fingerprint density at radius 3 is 2.85 bits per heavy atom. The molecule has 0 unspecified atom stereocenters. The first kappa shape index (κ1) is 12.8. The molecule has 2 aromatic heterocycles. The molecule has 1 N–H and O–H groups in total. The largest absolute Gasteiger partial charge is 0.295 e. The standard InChI is InChI=1S/C15H18N4O/c1-10-7-8-19-13(9-10)16-11(2)14(19)15(20)18-17-12-5-3-4-6-12/h7-9H,3-6H2,1-2H3,(H,18,20). The summed E-state index contributed by atoms with van der Waals surface area (Å²) in [6.45, 7) is 3.86. The average molecular weight is 270 g/mol. The van der Waals surface area contributed by atoms with Crippen LogP contribution in [0.1, 0.15) is 47.4 Å². The Hall–Kier alpha value is -2.17. The molecular weight excluding hydrogens is 252 g/mol. The minimum atomic E-state index is -0.196. The van der Waals surface area contributed by atoms with Crippen LogP contribution in [0.5, 0.6) is 0 Å². The summed E-state index contributed by atoms with van der Waals surface area (Å²) in [5, 5.41) is 4.22. The van der Waals surface area contributed by atoms with Crippen molar-refractivity contribution < 1.29 is 4.79 Å². The summed E-state index contributed by atoms with van der Waals surface area (Å²) in [4.78, 5) is 16.7. The predicted molar refractivity (Wildman–Crippen MR) is 78.0 cm³/mol. The highest BCUT2D eigenvalue weighted by Gasteiger charge is 2.17. The average Bonchev–Trinajstić information content (AvgIpc) is 3.02. The number of fused-ring (bicyclic) bond motifs is 1. The van der Waals surface area contributed by atoms with Crippen LogP contribution >= 0.6 is 0 Å². The maximum absolute atomic E-state index is 12.3. The summed E-state index contributed by atoms with van der Waals surface area (Å²) in [5.74, 6) is -0.196. The highest BCUT2D eigenvalue weighted by molar-refractivity contribution is 5.96. The molecule has 104 valence electrons. The fraction of sp³-hybridized carbons (Fsp3) is 0.400. The van der Waals surface area contributed by atoms with Crippen molar-refractivity contribution in [2.75, 3.05) is 0 Å². The molecule has 1 aliphatic carbocycles. The third kappa shape index (κ3) is 2.31. The summed E-state index contributed by atoms with van der Waals surface area (Å²) in [6.07, 6.45) is 6.20. The molecule has 0 aliphatic heterocycles. The second kappa shape index (κ2) is 5.07. The van der Waals surface area contributed by atoms with Gasteiger partial charge in [0.15, 0.2) is 0 Å². The van der Waals surface area contributed by atoms with E-state index in [0.29, 0.717) is 5.69 Å². The van der Waals surface area contributed by atoms with Gasteiger partial charge in [0.2, 0.25) is 0 Å². The van der Waals surface area contributed by atoms with Gasteiger partial charge in [0.1, 0.15) is 11.3 Å². The van der Waals surface area contributed by atoms with Gasteiger partial charge in [-0.25, -0.2) is 10.4 Å². The van der Waals surface area contributed by atoms with Crippen LogP contribution < -0.4 is 5.43 Å². The van der Waals surface area contributed by atoms with E-state index in [1.807, 2.05) is 36.6 Å². The number of carbonyl (C=O) groups excluding carboxylic acids is 1. The molecule has 3 rings (SSSR count). The van der Waals surface area contributed by atoms with Crippen molar-refractivity contribution in [3.05, 3.63) is 35.3 Å². The maximum Gasteiger partial charge on any atom is 0.290 e. The van der Waals surface area contributed by atoms with Crippen molar-refractivity contribution in [1.82, 2.24) is 14.8 Å². The highest BCUT2D eigenvalue weighted by Crippen LogP contribution is 2.15. The van der Waals surface area contributed by atoms with E-state index in [1.54, 1.807) is 0 Å². The van der Waals surface area contributed by atoms with E-state index in [4.69, 9.17) is 0 Å². The minimum Gasteiger partial charge on any atom is -0.295 e. The van der Waals surface area contributed by atoms with E-state index in [0.717, 1.165) is 35.5 Å². The molecule has 1 fully saturated rings. The zero-order chi connectivity index (χ0) is 14.1. The summed E-state index contributed by atoms with van der Waals surface area (Å²) in [5.41, 5.74) is 6.94. The Bertz CT molecular complexity index is 691. The number of pyridine rings is 1. The second-order valence-electron chi connectivity index (χ2n) is 5.30. The second-order valence-corrected chi connectivity index (χ2v) is 5.30. The molecule has 5 heteroatoms. The van der Waals surface area contributed by atoms with Gasteiger partial charge < -0.3 is 0 Å². The van der Waals surface area contributed by atoms with Crippen molar-refractivity contribution >= 4 is 17.3 Å². The smallest absolute Gasteiger partial charge is 0.290 e. The van der Waals surface area contributed by atoms with Crippen molar-refractivity contribution in [3.63, 3.8) is 0 Å². The molecule has 0 radical (unpaired) electrons. The Kier molecular flexibility index (Phi) is 3.26. The number of imidazole rings is 1. The lowest BCUT2D eigenvalue weighted by Crippen LogP contribution is -2.21. The summed E-state index contributed by atoms with van der Waals surface area (Å²) < 4.78 is 1.81. The SMILES string of the molecule is Cc1ccn2c(C(=O)NN=C3CCCC3)c(C)nc2c1. The fourth-order valence-corrected chi connectivity index (χ4v) is 2.62. The molecular formula is C15H18N4O. The first-order valence-electron chi connectivity index (χ1n) is 6.96. The molecule has 1 amide bonds. The Morgan fingerprint density at radius 2 is 2.10 bits per heavy atom. The topological polar surface area (TPSA) is 58.8 Å². The first-order chi connectivity index (χ1) is 9.65. The van der Waals surface area contributed by atoms with E-state index in [2.05, 4.69) is 15.5 Å². The van der Waals surface area contributed by atoms with Crippen molar-refractivity contribution in [1.29, 1.82) is 0 Å². The molecule has 0 spiro atoms. The number of aromatic nitrogens is 2. The van der Waals surface area contributed by atoms with Crippen LogP contribution in [0.2, 0.25) is 0 Å². The van der Waals surface area contributed by atoms with Crippen LogP contribution in [-0.2, 0) is 0 Å². The molecule has 0 saturated heterocycles. The Morgan fingerprint density at radius 1 is 1.35 bits per heavy atom. The number of carbonyl (C=O) groups is 1. The molecule has 0 aromatic carbocycles. The number of hydrogen-bond donors (Lipinski definition) is 1. The summed E-state index contributed by atoms with van der Waals surface area (Å²) in [6, 6.07) is 3.93. The monoisotopic (exact) mass is 270 g/mol. The normalized spacial score (nSPS) is 14.8. The van der Waals surface area contributed by atoms with Gasteiger partial charge in [0.25, 0.3) is 5.91 Å². The minimum absolute atomic E-state index is 0.196. The van der Waals surface area contributed by atoms with Crippen LogP contribution in [0.15, 0.2) is 23.4 Å². The van der Waals surface area contributed by atoms with Gasteiger partial charge in [-0.3, -0.25) is 9.20 Å². The number of hydrazone groups is 1. The van der Waals surface area contributed by atoms with Gasteiger partial charge in [-0.05, 0) is 57.2 Å². The lowest BCUT2D eigenvalue weighted by molar-refractivity contribution is 0.0948. The van der Waals surface area contributed by atoms with E-state index < -0.39 is 0 Å².